The van der Waals surface area contributed by atoms with Crippen molar-refractivity contribution in [3.63, 3.8) is 0 Å². The van der Waals surface area contributed by atoms with Gasteiger partial charge in [0.15, 0.2) is 0 Å². The molecule has 0 atom stereocenters. The van der Waals surface area contributed by atoms with Crippen molar-refractivity contribution in [2.45, 2.75) is 39.3 Å². The van der Waals surface area contributed by atoms with Crippen LogP contribution in [0.5, 0.6) is 0 Å². The maximum atomic E-state index is 9.16. The summed E-state index contributed by atoms with van der Waals surface area (Å²) in [5.74, 6) is 1.05. The van der Waals surface area contributed by atoms with Crippen LogP contribution in [0.25, 0.3) is 0 Å². The summed E-state index contributed by atoms with van der Waals surface area (Å²) in [4.78, 5) is 0. The summed E-state index contributed by atoms with van der Waals surface area (Å²) >= 11 is 0. The van der Waals surface area contributed by atoms with E-state index in [1.165, 1.54) is 16.7 Å². The van der Waals surface area contributed by atoms with E-state index in [2.05, 4.69) is 41.6 Å². The van der Waals surface area contributed by atoms with E-state index in [1.807, 2.05) is 11.6 Å². The summed E-state index contributed by atoms with van der Waals surface area (Å²) in [6.45, 7) is 4.75. The first kappa shape index (κ1) is 13.2. The number of nitrogens with one attached hydrogen (secondary N) is 1. The van der Waals surface area contributed by atoms with Crippen molar-refractivity contribution in [1.29, 1.82) is 0 Å². The Morgan fingerprint density at radius 2 is 1.90 bits per heavy atom. The van der Waals surface area contributed by atoms with Gasteiger partial charge in [-0.2, -0.15) is 5.10 Å². The lowest BCUT2D eigenvalue weighted by Gasteiger charge is -2.16. The van der Waals surface area contributed by atoms with Crippen LogP contribution in [0.1, 0.15) is 22.4 Å². The van der Waals surface area contributed by atoms with E-state index in [-0.39, 0.29) is 6.61 Å². The third kappa shape index (κ3) is 2.31. The van der Waals surface area contributed by atoms with Crippen LogP contribution in [0.2, 0.25) is 0 Å². The molecule has 0 aliphatic heterocycles. The van der Waals surface area contributed by atoms with Crippen LogP contribution in [0.15, 0.2) is 24.3 Å². The standard InChI is InChI=1S/C16H21N3O/c1-11-12(2)18-19(7-8-20)16(11)17-15-9-13-5-3-4-6-14(13)10-15/h3-6,15,17,20H,7-10H2,1-2H3. The fourth-order valence-corrected chi connectivity index (χ4v) is 2.96. The molecule has 0 radical (unpaired) electrons. The van der Waals surface area contributed by atoms with Gasteiger partial charge in [-0.15, -0.1) is 0 Å². The minimum absolute atomic E-state index is 0.111. The molecule has 0 unspecified atom stereocenters. The molecule has 20 heavy (non-hydrogen) atoms. The molecule has 2 N–H and O–H groups in total. The third-order valence-corrected chi connectivity index (χ3v) is 4.13. The Kier molecular flexibility index (Phi) is 3.49. The van der Waals surface area contributed by atoms with Gasteiger partial charge >= 0.3 is 0 Å². The number of benzene rings is 1. The summed E-state index contributed by atoms with van der Waals surface area (Å²) in [6.07, 6.45) is 2.11. The Morgan fingerprint density at radius 3 is 2.50 bits per heavy atom. The molecule has 106 valence electrons. The highest BCUT2D eigenvalue weighted by Crippen LogP contribution is 2.26. The highest BCUT2D eigenvalue weighted by atomic mass is 16.3. The highest BCUT2D eigenvalue weighted by molar-refractivity contribution is 5.49. The van der Waals surface area contributed by atoms with Crippen molar-refractivity contribution < 1.29 is 5.11 Å². The molecule has 2 aromatic rings. The van der Waals surface area contributed by atoms with Crippen molar-refractivity contribution in [1.82, 2.24) is 9.78 Å². The molecule has 0 fully saturated rings. The van der Waals surface area contributed by atoms with Crippen LogP contribution >= 0.6 is 0 Å². The Hall–Kier alpha value is -1.81. The average Bonchev–Trinajstić information content (AvgIpc) is 2.96. The van der Waals surface area contributed by atoms with Gasteiger partial charge in [0.05, 0.1) is 18.8 Å². The molecule has 0 amide bonds. The number of aryl methyl sites for hydroxylation is 1. The van der Waals surface area contributed by atoms with Crippen LogP contribution in [-0.2, 0) is 19.4 Å². The summed E-state index contributed by atoms with van der Waals surface area (Å²) in [5.41, 5.74) is 5.08. The predicted octanol–water partition coefficient (Wildman–Crippen LogP) is 2.07. The topological polar surface area (TPSA) is 50.1 Å². The van der Waals surface area contributed by atoms with E-state index in [4.69, 9.17) is 5.11 Å². The van der Waals surface area contributed by atoms with E-state index in [9.17, 15) is 0 Å². The maximum absolute atomic E-state index is 9.16. The number of aromatic nitrogens is 2. The van der Waals surface area contributed by atoms with Crippen molar-refractivity contribution in [3.8, 4) is 0 Å². The molecule has 4 heteroatoms. The second kappa shape index (κ2) is 5.29. The smallest absolute Gasteiger partial charge is 0.127 e. The molecule has 0 bridgehead atoms. The largest absolute Gasteiger partial charge is 0.394 e. The maximum Gasteiger partial charge on any atom is 0.127 e. The fourth-order valence-electron chi connectivity index (χ4n) is 2.96. The highest BCUT2D eigenvalue weighted by Gasteiger charge is 2.23. The van der Waals surface area contributed by atoms with Crippen LogP contribution in [-0.4, -0.2) is 27.5 Å². The summed E-state index contributed by atoms with van der Waals surface area (Å²) in [7, 11) is 0. The van der Waals surface area contributed by atoms with E-state index in [1.54, 1.807) is 0 Å². The van der Waals surface area contributed by atoms with Gasteiger partial charge in [0.2, 0.25) is 0 Å². The summed E-state index contributed by atoms with van der Waals surface area (Å²) < 4.78 is 1.88. The first-order valence-corrected chi connectivity index (χ1v) is 7.17. The molecule has 1 heterocycles. The molecular weight excluding hydrogens is 250 g/mol. The van der Waals surface area contributed by atoms with E-state index < -0.39 is 0 Å². The van der Waals surface area contributed by atoms with Crippen molar-refractivity contribution >= 4 is 5.82 Å². The first-order chi connectivity index (χ1) is 9.69. The number of hydrogen-bond donors (Lipinski definition) is 2. The molecule has 3 rings (SSSR count). The van der Waals surface area contributed by atoms with E-state index in [0.29, 0.717) is 12.6 Å². The van der Waals surface area contributed by atoms with Gasteiger partial charge in [-0.3, -0.25) is 0 Å². The zero-order valence-corrected chi connectivity index (χ0v) is 12.1. The molecule has 1 aromatic carbocycles. The molecule has 1 aliphatic rings. The van der Waals surface area contributed by atoms with Crippen LogP contribution in [0.4, 0.5) is 5.82 Å². The molecule has 0 spiro atoms. The lowest BCUT2D eigenvalue weighted by molar-refractivity contribution is 0.270. The molecule has 0 saturated heterocycles. The Labute approximate surface area is 119 Å². The summed E-state index contributed by atoms with van der Waals surface area (Å²) in [6, 6.07) is 9.04. The number of anilines is 1. The van der Waals surface area contributed by atoms with Gasteiger partial charge in [0.1, 0.15) is 5.82 Å². The van der Waals surface area contributed by atoms with Crippen molar-refractivity contribution in [2.75, 3.05) is 11.9 Å². The third-order valence-electron chi connectivity index (χ3n) is 4.13. The molecule has 1 aromatic heterocycles. The van der Waals surface area contributed by atoms with Gasteiger partial charge in [-0.1, -0.05) is 24.3 Å². The van der Waals surface area contributed by atoms with Gasteiger partial charge in [0, 0.05) is 11.6 Å². The van der Waals surface area contributed by atoms with Crippen LogP contribution in [0, 0.1) is 13.8 Å². The zero-order valence-electron chi connectivity index (χ0n) is 12.1. The SMILES string of the molecule is Cc1nn(CCO)c(NC2Cc3ccccc3C2)c1C. The second-order valence-corrected chi connectivity index (χ2v) is 5.52. The number of nitrogens with zero attached hydrogens (tertiary/aromatic N) is 2. The Balaban J connectivity index is 1.80. The monoisotopic (exact) mass is 271 g/mol. The lowest BCUT2D eigenvalue weighted by Crippen LogP contribution is -2.23. The van der Waals surface area contributed by atoms with Crippen LogP contribution in [0.3, 0.4) is 0 Å². The number of aliphatic hydroxyl groups is 1. The molecule has 4 nitrogen and oxygen atoms in total. The lowest BCUT2D eigenvalue weighted by atomic mass is 10.1. The molecule has 0 saturated carbocycles. The first-order valence-electron chi connectivity index (χ1n) is 7.17. The Bertz CT molecular complexity index is 593. The number of hydrogen-bond acceptors (Lipinski definition) is 3. The van der Waals surface area contributed by atoms with E-state index in [0.717, 1.165) is 24.4 Å². The zero-order chi connectivity index (χ0) is 14.1. The predicted molar refractivity (Wildman–Crippen MR) is 80.0 cm³/mol. The van der Waals surface area contributed by atoms with Gasteiger partial charge in [-0.05, 0) is 37.8 Å². The number of aliphatic hydroxyl groups excluding tert-OH is 1. The van der Waals surface area contributed by atoms with Gasteiger partial charge in [0.25, 0.3) is 0 Å². The molecular formula is C16H21N3O. The van der Waals surface area contributed by atoms with E-state index >= 15 is 0 Å². The Morgan fingerprint density at radius 1 is 1.25 bits per heavy atom. The summed E-state index contributed by atoms with van der Waals surface area (Å²) in [5, 5.41) is 17.3. The van der Waals surface area contributed by atoms with Crippen molar-refractivity contribution in [3.05, 3.63) is 46.6 Å². The average molecular weight is 271 g/mol. The fraction of sp³-hybridized carbons (Fsp3) is 0.438. The van der Waals surface area contributed by atoms with Crippen molar-refractivity contribution in [2.24, 2.45) is 0 Å². The van der Waals surface area contributed by atoms with Crippen LogP contribution < -0.4 is 5.32 Å². The normalized spacial score (nSPS) is 14.6. The quantitative estimate of drug-likeness (QED) is 0.895. The van der Waals surface area contributed by atoms with Gasteiger partial charge < -0.3 is 10.4 Å². The number of fused-ring (bicyclic) bond motifs is 1. The minimum atomic E-state index is 0.111. The van der Waals surface area contributed by atoms with Gasteiger partial charge in [-0.25, -0.2) is 4.68 Å². The molecule has 1 aliphatic carbocycles. The number of rotatable bonds is 4. The minimum Gasteiger partial charge on any atom is -0.394 e. The second-order valence-electron chi connectivity index (χ2n) is 5.52.